The van der Waals surface area contributed by atoms with Crippen molar-refractivity contribution < 1.29 is 19.1 Å². The van der Waals surface area contributed by atoms with Gasteiger partial charge in [-0.15, -0.1) is 0 Å². The molecule has 1 aliphatic heterocycles. The Bertz CT molecular complexity index is 1330. The number of nitrogens with one attached hydrogen (secondary N) is 1. The van der Waals surface area contributed by atoms with Crippen LogP contribution in [-0.2, 0) is 4.74 Å². The molecule has 0 unspecified atom stereocenters. The number of aromatic amines is 1. The molecule has 0 radical (unpaired) electrons. The van der Waals surface area contributed by atoms with Crippen molar-refractivity contribution >= 4 is 33.9 Å². The van der Waals surface area contributed by atoms with Gasteiger partial charge in [-0.2, -0.15) is 0 Å². The van der Waals surface area contributed by atoms with Crippen LogP contribution in [0.4, 0.5) is 4.79 Å². The SMILES string of the molecule is COC(=O)Oc1cccc2[nH]cc(C(=O)CN3CCC(n4c(C)nc5cnccc54)CC3)c12. The number of hydrogen-bond donors (Lipinski definition) is 1. The first-order valence-electron chi connectivity index (χ1n) is 10.9. The van der Waals surface area contributed by atoms with Gasteiger partial charge in [0.2, 0.25) is 0 Å². The number of nitrogens with zero attached hydrogens (tertiary/aromatic N) is 4. The summed E-state index contributed by atoms with van der Waals surface area (Å²) in [4.78, 5) is 38.9. The minimum atomic E-state index is -0.817. The van der Waals surface area contributed by atoms with Crippen molar-refractivity contribution in [3.8, 4) is 5.75 Å². The largest absolute Gasteiger partial charge is 0.513 e. The van der Waals surface area contributed by atoms with Crippen LogP contribution < -0.4 is 4.74 Å². The van der Waals surface area contributed by atoms with Crippen LogP contribution in [-0.4, -0.2) is 63.1 Å². The molecule has 1 aliphatic rings. The number of Topliss-reactive ketones (excluding diaryl/α,β-unsaturated/α-hetero) is 1. The lowest BCUT2D eigenvalue weighted by atomic mass is 10.0. The van der Waals surface area contributed by atoms with Gasteiger partial charge in [0.05, 0.1) is 30.8 Å². The molecule has 1 fully saturated rings. The molecule has 9 nitrogen and oxygen atoms in total. The minimum Gasteiger partial charge on any atom is -0.437 e. The molecule has 0 amide bonds. The van der Waals surface area contributed by atoms with Gasteiger partial charge >= 0.3 is 6.16 Å². The summed E-state index contributed by atoms with van der Waals surface area (Å²) in [6, 6.07) is 7.61. The number of benzene rings is 1. The first-order chi connectivity index (χ1) is 16.0. The van der Waals surface area contributed by atoms with Gasteiger partial charge in [-0.3, -0.25) is 14.7 Å². The number of piperidine rings is 1. The number of ether oxygens (including phenoxy) is 2. The van der Waals surface area contributed by atoms with Crippen molar-refractivity contribution in [1.29, 1.82) is 0 Å². The van der Waals surface area contributed by atoms with Gasteiger partial charge in [0.25, 0.3) is 0 Å². The van der Waals surface area contributed by atoms with Gasteiger partial charge in [-0.25, -0.2) is 9.78 Å². The van der Waals surface area contributed by atoms with E-state index < -0.39 is 6.16 Å². The molecule has 0 atom stereocenters. The fraction of sp³-hybridized carbons (Fsp3) is 0.333. The third-order valence-corrected chi connectivity index (χ3v) is 6.29. The number of likely N-dealkylation sites (tertiary alicyclic amines) is 1. The lowest BCUT2D eigenvalue weighted by Gasteiger charge is -2.33. The zero-order chi connectivity index (χ0) is 22.9. The Morgan fingerprint density at radius 1 is 1.21 bits per heavy atom. The first kappa shape index (κ1) is 21.1. The van der Waals surface area contributed by atoms with E-state index in [1.807, 2.05) is 19.1 Å². The number of hydrogen-bond acceptors (Lipinski definition) is 7. The number of H-pyrrole nitrogens is 1. The number of methoxy groups -OCH3 is 1. The molecule has 5 rings (SSSR count). The Hall–Kier alpha value is -3.72. The highest BCUT2D eigenvalue weighted by Crippen LogP contribution is 2.31. The number of aromatic nitrogens is 4. The standard InChI is InChI=1S/C24H25N5O4/c1-15-27-19-13-25-9-6-20(19)29(15)16-7-10-28(11-8-16)14-21(30)17-12-26-18-4-3-5-22(23(17)18)33-24(31)32-2/h3-6,9,12-13,16,26H,7-8,10-11,14H2,1-2H3. The van der Waals surface area contributed by atoms with Crippen LogP contribution in [0.25, 0.3) is 21.9 Å². The average molecular weight is 447 g/mol. The summed E-state index contributed by atoms with van der Waals surface area (Å²) in [7, 11) is 1.25. The Labute approximate surface area is 190 Å². The summed E-state index contributed by atoms with van der Waals surface area (Å²) in [5.74, 6) is 1.28. The van der Waals surface area contributed by atoms with E-state index in [2.05, 4.69) is 29.2 Å². The maximum absolute atomic E-state index is 13.2. The fourth-order valence-corrected chi connectivity index (χ4v) is 4.74. The number of carbonyl (C=O) groups excluding carboxylic acids is 2. The van der Waals surface area contributed by atoms with E-state index >= 15 is 0 Å². The molecule has 170 valence electrons. The van der Waals surface area contributed by atoms with Crippen LogP contribution in [0.5, 0.6) is 5.75 Å². The number of ketones is 1. The summed E-state index contributed by atoms with van der Waals surface area (Å²) in [5, 5.41) is 0.594. The summed E-state index contributed by atoms with van der Waals surface area (Å²) < 4.78 is 12.2. The van der Waals surface area contributed by atoms with Gasteiger partial charge in [0.15, 0.2) is 5.78 Å². The Morgan fingerprint density at radius 2 is 2.03 bits per heavy atom. The maximum atomic E-state index is 13.2. The summed E-state index contributed by atoms with van der Waals surface area (Å²) in [5.41, 5.74) is 3.26. The zero-order valence-electron chi connectivity index (χ0n) is 18.6. The molecule has 0 aliphatic carbocycles. The van der Waals surface area contributed by atoms with Crippen molar-refractivity contribution in [3.63, 3.8) is 0 Å². The number of rotatable bonds is 5. The zero-order valence-corrected chi connectivity index (χ0v) is 18.6. The van der Waals surface area contributed by atoms with Crippen molar-refractivity contribution in [1.82, 2.24) is 24.4 Å². The van der Waals surface area contributed by atoms with E-state index in [1.54, 1.807) is 30.7 Å². The Kier molecular flexibility index (Phi) is 5.55. The second-order valence-electron chi connectivity index (χ2n) is 8.26. The van der Waals surface area contributed by atoms with E-state index in [1.165, 1.54) is 7.11 Å². The second-order valence-corrected chi connectivity index (χ2v) is 8.26. The summed E-state index contributed by atoms with van der Waals surface area (Å²) in [6.07, 6.45) is 6.33. The molecule has 1 N–H and O–H groups in total. The first-order valence-corrected chi connectivity index (χ1v) is 10.9. The molecular weight excluding hydrogens is 422 g/mol. The third kappa shape index (κ3) is 3.95. The van der Waals surface area contributed by atoms with Crippen LogP contribution in [0.1, 0.15) is 35.1 Å². The van der Waals surface area contributed by atoms with Crippen molar-refractivity contribution in [2.24, 2.45) is 0 Å². The van der Waals surface area contributed by atoms with Gasteiger partial charge in [0.1, 0.15) is 17.1 Å². The third-order valence-electron chi connectivity index (χ3n) is 6.29. The predicted octanol–water partition coefficient (Wildman–Crippen LogP) is 3.89. The molecule has 0 bridgehead atoms. The van der Waals surface area contributed by atoms with Gasteiger partial charge < -0.3 is 19.0 Å². The highest BCUT2D eigenvalue weighted by atomic mass is 16.7. The molecular formula is C24H25N5O4. The van der Waals surface area contributed by atoms with Gasteiger partial charge in [-0.05, 0) is 38.0 Å². The quantitative estimate of drug-likeness (QED) is 0.281. The Morgan fingerprint density at radius 3 is 2.82 bits per heavy atom. The molecule has 9 heteroatoms. The van der Waals surface area contributed by atoms with E-state index in [0.717, 1.165) is 48.3 Å². The normalized spacial score (nSPS) is 15.2. The highest BCUT2D eigenvalue weighted by Gasteiger charge is 2.26. The number of carbonyl (C=O) groups is 2. The van der Waals surface area contributed by atoms with Crippen molar-refractivity contribution in [3.05, 3.63) is 54.2 Å². The Balaban J connectivity index is 1.30. The molecule has 33 heavy (non-hydrogen) atoms. The fourth-order valence-electron chi connectivity index (χ4n) is 4.74. The van der Waals surface area contributed by atoms with Crippen LogP contribution in [0.15, 0.2) is 42.9 Å². The van der Waals surface area contributed by atoms with Crippen molar-refractivity contribution in [2.45, 2.75) is 25.8 Å². The number of pyridine rings is 1. The lowest BCUT2D eigenvalue weighted by molar-refractivity contribution is 0.0899. The topological polar surface area (TPSA) is 102 Å². The summed E-state index contributed by atoms with van der Waals surface area (Å²) >= 11 is 0. The van der Waals surface area contributed by atoms with E-state index in [4.69, 9.17) is 4.74 Å². The minimum absolute atomic E-state index is 0.0176. The monoisotopic (exact) mass is 447 g/mol. The molecule has 4 aromatic rings. The smallest absolute Gasteiger partial charge is 0.437 e. The van der Waals surface area contributed by atoms with Crippen LogP contribution in [0, 0.1) is 6.92 Å². The average Bonchev–Trinajstić information content (AvgIpc) is 3.41. The number of imidazole rings is 1. The lowest BCUT2D eigenvalue weighted by Crippen LogP contribution is -2.38. The predicted molar refractivity (Wildman–Crippen MR) is 123 cm³/mol. The van der Waals surface area contributed by atoms with Gasteiger partial charge in [-0.1, -0.05) is 6.07 Å². The van der Waals surface area contributed by atoms with E-state index in [0.29, 0.717) is 29.3 Å². The van der Waals surface area contributed by atoms with Crippen molar-refractivity contribution in [2.75, 3.05) is 26.7 Å². The second kappa shape index (κ2) is 8.67. The van der Waals surface area contributed by atoms with Gasteiger partial charge in [0, 0.05) is 42.6 Å². The van der Waals surface area contributed by atoms with E-state index in [9.17, 15) is 9.59 Å². The number of fused-ring (bicyclic) bond motifs is 2. The highest BCUT2D eigenvalue weighted by molar-refractivity contribution is 6.11. The van der Waals surface area contributed by atoms with Crippen LogP contribution >= 0.6 is 0 Å². The van der Waals surface area contributed by atoms with Crippen LogP contribution in [0.2, 0.25) is 0 Å². The molecule has 0 spiro atoms. The summed E-state index contributed by atoms with van der Waals surface area (Å²) in [6.45, 7) is 3.96. The molecule has 1 saturated heterocycles. The van der Waals surface area contributed by atoms with Crippen LogP contribution in [0.3, 0.4) is 0 Å². The molecule has 4 heterocycles. The molecule has 3 aromatic heterocycles. The number of aryl methyl sites for hydroxylation is 1. The maximum Gasteiger partial charge on any atom is 0.513 e. The molecule has 0 saturated carbocycles. The van der Waals surface area contributed by atoms with E-state index in [-0.39, 0.29) is 5.78 Å². The molecule has 1 aromatic carbocycles.